The van der Waals surface area contributed by atoms with Gasteiger partial charge in [0.05, 0.1) is 6.07 Å². The van der Waals surface area contributed by atoms with E-state index in [4.69, 9.17) is 9.69 Å². The Hall–Kier alpha value is -1.18. The van der Waals surface area contributed by atoms with Crippen LogP contribution in [0.1, 0.15) is 11.7 Å². The molecule has 0 heterocycles. The number of nitriles is 1. The minimum absolute atomic E-state index is 0.341. The molecule has 0 aromatic heterocycles. The third-order valence-corrected chi connectivity index (χ3v) is 2.68. The summed E-state index contributed by atoms with van der Waals surface area (Å²) >= 11 is 0. The second-order valence-electron chi connectivity index (χ2n) is 4.29. The molecular weight excluding hydrogens is 209 g/mol. The van der Waals surface area contributed by atoms with Gasteiger partial charge >= 0.3 is 0 Å². The largest absolute Gasteiger partial charge is 0.399 e. The van der Waals surface area contributed by atoms with Gasteiger partial charge in [-0.1, -0.05) is 12.1 Å². The van der Waals surface area contributed by atoms with Crippen molar-refractivity contribution in [3.05, 3.63) is 35.6 Å². The van der Waals surface area contributed by atoms with Gasteiger partial charge in [-0.05, 0) is 37.3 Å². The molecule has 0 aliphatic carbocycles. The molecule has 0 aliphatic heterocycles. The highest BCUT2D eigenvalue weighted by Crippen LogP contribution is 2.21. The molecule has 1 rings (SSSR count). The van der Waals surface area contributed by atoms with Crippen molar-refractivity contribution in [2.45, 2.75) is 25.7 Å². The van der Waals surface area contributed by atoms with Crippen LogP contribution in [0.2, 0.25) is 19.6 Å². The van der Waals surface area contributed by atoms with Crippen molar-refractivity contribution in [1.29, 1.82) is 5.26 Å². The molecule has 0 N–H and O–H groups in total. The smallest absolute Gasteiger partial charge is 0.186 e. The van der Waals surface area contributed by atoms with E-state index < -0.39 is 14.4 Å². The van der Waals surface area contributed by atoms with Crippen molar-refractivity contribution in [1.82, 2.24) is 0 Å². The van der Waals surface area contributed by atoms with Crippen molar-refractivity contribution in [2.24, 2.45) is 0 Å². The standard InChI is InChI=1S/C11H14FNOSi/c1-15(2,3)14-11(8-13)9-5-4-6-10(12)7-9/h4-7,11H,1-3H3. The van der Waals surface area contributed by atoms with Gasteiger partial charge in [0, 0.05) is 0 Å². The predicted molar refractivity (Wildman–Crippen MR) is 59.2 cm³/mol. The fourth-order valence-electron chi connectivity index (χ4n) is 1.19. The molecule has 0 saturated heterocycles. The van der Waals surface area contributed by atoms with E-state index in [1.165, 1.54) is 12.1 Å². The summed E-state index contributed by atoms with van der Waals surface area (Å²) in [5, 5.41) is 8.96. The van der Waals surface area contributed by atoms with Gasteiger partial charge < -0.3 is 4.43 Å². The topological polar surface area (TPSA) is 33.0 Å². The molecule has 0 aliphatic rings. The Morgan fingerprint density at radius 3 is 2.53 bits per heavy atom. The number of hydrogen-bond donors (Lipinski definition) is 0. The Bertz CT molecular complexity index is 381. The van der Waals surface area contributed by atoms with Crippen molar-refractivity contribution in [3.63, 3.8) is 0 Å². The van der Waals surface area contributed by atoms with Gasteiger partial charge in [-0.2, -0.15) is 5.26 Å². The van der Waals surface area contributed by atoms with Crippen molar-refractivity contribution in [3.8, 4) is 6.07 Å². The third-order valence-electron chi connectivity index (χ3n) is 1.74. The van der Waals surface area contributed by atoms with Gasteiger partial charge in [-0.3, -0.25) is 0 Å². The van der Waals surface area contributed by atoms with Crippen LogP contribution in [0, 0.1) is 17.1 Å². The Morgan fingerprint density at radius 2 is 2.07 bits per heavy atom. The van der Waals surface area contributed by atoms with E-state index in [0.29, 0.717) is 5.56 Å². The Morgan fingerprint density at radius 1 is 1.40 bits per heavy atom. The predicted octanol–water partition coefficient (Wildman–Crippen LogP) is 3.24. The maximum atomic E-state index is 12.9. The molecule has 15 heavy (non-hydrogen) atoms. The maximum absolute atomic E-state index is 12.9. The summed E-state index contributed by atoms with van der Waals surface area (Å²) in [6, 6.07) is 8.03. The highest BCUT2D eigenvalue weighted by Gasteiger charge is 2.22. The van der Waals surface area contributed by atoms with Crippen molar-refractivity contribution >= 4 is 8.32 Å². The zero-order valence-electron chi connectivity index (χ0n) is 9.12. The molecule has 0 radical (unpaired) electrons. The third kappa shape index (κ3) is 3.82. The van der Waals surface area contributed by atoms with Crippen LogP contribution < -0.4 is 0 Å². The molecule has 0 spiro atoms. The van der Waals surface area contributed by atoms with Gasteiger partial charge in [0.1, 0.15) is 5.82 Å². The molecule has 0 fully saturated rings. The number of halogens is 1. The van der Waals surface area contributed by atoms with Crippen LogP contribution in [0.15, 0.2) is 24.3 Å². The molecule has 80 valence electrons. The van der Waals surface area contributed by atoms with Crippen LogP contribution in [0.5, 0.6) is 0 Å². The quantitative estimate of drug-likeness (QED) is 0.737. The second-order valence-corrected chi connectivity index (χ2v) is 8.75. The highest BCUT2D eigenvalue weighted by molar-refractivity contribution is 6.69. The average Bonchev–Trinajstić information content (AvgIpc) is 2.13. The molecule has 1 aromatic rings. The number of rotatable bonds is 3. The van der Waals surface area contributed by atoms with Gasteiger partial charge in [0.2, 0.25) is 0 Å². The first-order valence-corrected chi connectivity index (χ1v) is 8.16. The molecule has 0 saturated carbocycles. The van der Waals surface area contributed by atoms with Crippen LogP contribution in [-0.4, -0.2) is 8.32 Å². The summed E-state index contributed by atoms with van der Waals surface area (Å²) in [7, 11) is -1.79. The first-order valence-electron chi connectivity index (χ1n) is 4.75. The van der Waals surface area contributed by atoms with Crippen LogP contribution in [0.4, 0.5) is 4.39 Å². The van der Waals surface area contributed by atoms with E-state index in [-0.39, 0.29) is 5.82 Å². The maximum Gasteiger partial charge on any atom is 0.186 e. The van der Waals surface area contributed by atoms with E-state index in [0.717, 1.165) is 0 Å². The van der Waals surface area contributed by atoms with E-state index >= 15 is 0 Å². The molecule has 4 heteroatoms. The van der Waals surface area contributed by atoms with Gasteiger partial charge in [0.25, 0.3) is 0 Å². The molecule has 0 amide bonds. The number of hydrogen-bond acceptors (Lipinski definition) is 2. The van der Waals surface area contributed by atoms with Crippen LogP contribution in [-0.2, 0) is 4.43 Å². The van der Waals surface area contributed by atoms with Gasteiger partial charge in [-0.15, -0.1) is 0 Å². The Balaban J connectivity index is 2.90. The molecule has 0 bridgehead atoms. The number of nitrogens with zero attached hydrogens (tertiary/aromatic N) is 1. The Labute approximate surface area is 90.4 Å². The molecule has 2 nitrogen and oxygen atoms in total. The zero-order valence-corrected chi connectivity index (χ0v) is 10.1. The van der Waals surface area contributed by atoms with Gasteiger partial charge in [-0.25, -0.2) is 4.39 Å². The normalized spacial score (nSPS) is 13.3. The van der Waals surface area contributed by atoms with Gasteiger partial charge in [0.15, 0.2) is 14.4 Å². The molecular formula is C11H14FNOSi. The van der Waals surface area contributed by atoms with Crippen molar-refractivity contribution < 1.29 is 8.82 Å². The molecule has 1 aromatic carbocycles. The lowest BCUT2D eigenvalue weighted by atomic mass is 10.1. The molecule has 1 unspecified atom stereocenters. The van der Waals surface area contributed by atoms with Crippen LogP contribution in [0.25, 0.3) is 0 Å². The highest BCUT2D eigenvalue weighted by atomic mass is 28.4. The minimum atomic E-state index is -1.79. The summed E-state index contributed by atoms with van der Waals surface area (Å²) < 4.78 is 18.6. The van der Waals surface area contributed by atoms with E-state index in [1.807, 2.05) is 25.7 Å². The Kier molecular flexibility index (Phi) is 3.61. The lowest BCUT2D eigenvalue weighted by Crippen LogP contribution is -2.27. The van der Waals surface area contributed by atoms with Crippen molar-refractivity contribution in [2.75, 3.05) is 0 Å². The average molecular weight is 223 g/mol. The summed E-state index contributed by atoms with van der Waals surface area (Å²) in [6.45, 7) is 5.99. The van der Waals surface area contributed by atoms with Crippen LogP contribution in [0.3, 0.4) is 0 Å². The molecule has 1 atom stereocenters. The fraction of sp³-hybridized carbons (Fsp3) is 0.364. The monoisotopic (exact) mass is 223 g/mol. The van der Waals surface area contributed by atoms with E-state index in [2.05, 4.69) is 0 Å². The minimum Gasteiger partial charge on any atom is -0.399 e. The van der Waals surface area contributed by atoms with Crippen LogP contribution >= 0.6 is 0 Å². The zero-order chi connectivity index (χ0) is 11.5. The van der Waals surface area contributed by atoms with E-state index in [9.17, 15) is 4.39 Å². The summed E-state index contributed by atoms with van der Waals surface area (Å²) in [6.07, 6.45) is -0.660. The first kappa shape index (κ1) is 11.9. The SMILES string of the molecule is C[Si](C)(C)OC(C#N)c1cccc(F)c1. The second kappa shape index (κ2) is 4.56. The summed E-state index contributed by atoms with van der Waals surface area (Å²) in [5.74, 6) is -0.341. The lowest BCUT2D eigenvalue weighted by molar-refractivity contribution is 0.254. The summed E-state index contributed by atoms with van der Waals surface area (Å²) in [4.78, 5) is 0. The fourth-order valence-corrected chi connectivity index (χ4v) is 2.09. The number of benzene rings is 1. The first-order chi connectivity index (χ1) is 6.92. The van der Waals surface area contributed by atoms with E-state index in [1.54, 1.807) is 12.1 Å². The lowest BCUT2D eigenvalue weighted by Gasteiger charge is -2.21. The summed E-state index contributed by atoms with van der Waals surface area (Å²) in [5.41, 5.74) is 0.583.